The molecule has 0 radical (unpaired) electrons. The lowest BCUT2D eigenvalue weighted by Gasteiger charge is -2.14. The van der Waals surface area contributed by atoms with Crippen molar-refractivity contribution < 1.29 is 4.79 Å². The first-order chi connectivity index (χ1) is 14.3. The van der Waals surface area contributed by atoms with Crippen LogP contribution in [0.5, 0.6) is 0 Å². The number of H-pyrrole nitrogens is 1. The van der Waals surface area contributed by atoms with Gasteiger partial charge in [-0.1, -0.05) is 59.3 Å². The fraction of sp³-hybridized carbons (Fsp3) is 0.217. The molecular formula is C23H22N4O2S. The zero-order valence-electron chi connectivity index (χ0n) is 17.2. The van der Waals surface area contributed by atoms with Gasteiger partial charge in [-0.15, -0.1) is 0 Å². The van der Waals surface area contributed by atoms with E-state index >= 15 is 0 Å². The normalized spacial score (nSPS) is 11.6. The first kappa shape index (κ1) is 21.3. The van der Waals surface area contributed by atoms with Gasteiger partial charge < -0.3 is 10.3 Å². The maximum Gasteiger partial charge on any atom is 0.270 e. The average Bonchev–Trinajstić information content (AvgIpc) is 2.70. The van der Waals surface area contributed by atoms with Gasteiger partial charge in [0.25, 0.3) is 5.56 Å². The van der Waals surface area contributed by atoms with Crippen LogP contribution in [0.3, 0.4) is 0 Å². The molecular weight excluding hydrogens is 396 g/mol. The Morgan fingerprint density at radius 2 is 1.80 bits per heavy atom. The molecule has 152 valence electrons. The molecule has 2 N–H and O–H groups in total. The number of carbonyl (C=O) groups is 1. The van der Waals surface area contributed by atoms with Crippen molar-refractivity contribution in [3.63, 3.8) is 0 Å². The summed E-state index contributed by atoms with van der Waals surface area (Å²) in [6.45, 7) is 7.63. The lowest BCUT2D eigenvalue weighted by Crippen LogP contribution is -2.24. The second-order valence-electron chi connectivity index (χ2n) is 7.14. The molecule has 1 heterocycles. The van der Waals surface area contributed by atoms with Gasteiger partial charge in [-0.05, 0) is 39.3 Å². The van der Waals surface area contributed by atoms with E-state index in [4.69, 9.17) is 0 Å². The molecule has 0 saturated heterocycles. The SMILES string of the molecule is Cc1ccc(-c2nc(SC(C)C(=O)Nc3ccc(C)cc3C)[nH]c(=O)c2C#N)cc1. The molecule has 2 aromatic carbocycles. The van der Waals surface area contributed by atoms with E-state index in [-0.39, 0.29) is 16.6 Å². The number of nitrogens with zero attached hydrogens (tertiary/aromatic N) is 2. The first-order valence-corrected chi connectivity index (χ1v) is 10.3. The van der Waals surface area contributed by atoms with Crippen molar-refractivity contribution in [1.82, 2.24) is 9.97 Å². The molecule has 1 atom stereocenters. The molecule has 0 saturated carbocycles. The van der Waals surface area contributed by atoms with E-state index in [9.17, 15) is 14.9 Å². The van der Waals surface area contributed by atoms with E-state index in [0.717, 1.165) is 34.1 Å². The number of aryl methyl sites for hydroxylation is 3. The van der Waals surface area contributed by atoms with Gasteiger partial charge >= 0.3 is 0 Å². The number of aromatic amines is 1. The summed E-state index contributed by atoms with van der Waals surface area (Å²) in [5, 5.41) is 12.1. The number of nitrogens with one attached hydrogen (secondary N) is 2. The van der Waals surface area contributed by atoms with Crippen LogP contribution in [0.1, 0.15) is 29.2 Å². The molecule has 1 amide bonds. The number of amides is 1. The summed E-state index contributed by atoms with van der Waals surface area (Å²) in [6.07, 6.45) is 0. The van der Waals surface area contributed by atoms with Gasteiger partial charge in [-0.25, -0.2) is 4.98 Å². The van der Waals surface area contributed by atoms with E-state index in [2.05, 4.69) is 15.3 Å². The number of benzene rings is 2. The van der Waals surface area contributed by atoms with Gasteiger partial charge in [-0.2, -0.15) is 5.26 Å². The van der Waals surface area contributed by atoms with Crippen molar-refractivity contribution in [1.29, 1.82) is 5.26 Å². The quantitative estimate of drug-likeness (QED) is 0.474. The van der Waals surface area contributed by atoms with Gasteiger partial charge in [0, 0.05) is 11.3 Å². The summed E-state index contributed by atoms with van der Waals surface area (Å²) in [6, 6.07) is 15.2. The number of nitriles is 1. The number of thioether (sulfide) groups is 1. The summed E-state index contributed by atoms with van der Waals surface area (Å²) in [5.74, 6) is -0.198. The van der Waals surface area contributed by atoms with E-state index < -0.39 is 10.8 Å². The fourth-order valence-electron chi connectivity index (χ4n) is 2.94. The number of hydrogen-bond donors (Lipinski definition) is 2. The van der Waals surface area contributed by atoms with Crippen LogP contribution in [-0.2, 0) is 4.79 Å². The average molecular weight is 419 g/mol. The number of anilines is 1. The summed E-state index contributed by atoms with van der Waals surface area (Å²) in [7, 11) is 0. The molecule has 0 fully saturated rings. The highest BCUT2D eigenvalue weighted by Crippen LogP contribution is 2.26. The summed E-state index contributed by atoms with van der Waals surface area (Å²) < 4.78 is 0. The van der Waals surface area contributed by atoms with Crippen LogP contribution in [-0.4, -0.2) is 21.1 Å². The van der Waals surface area contributed by atoms with Crippen LogP contribution in [0.15, 0.2) is 52.4 Å². The molecule has 3 rings (SSSR count). The number of hydrogen-bond acceptors (Lipinski definition) is 5. The number of carbonyl (C=O) groups excluding carboxylic acids is 1. The molecule has 7 heteroatoms. The maximum absolute atomic E-state index is 12.7. The largest absolute Gasteiger partial charge is 0.325 e. The van der Waals surface area contributed by atoms with Gasteiger partial charge in [-0.3, -0.25) is 9.59 Å². The molecule has 0 aliphatic heterocycles. The molecule has 0 spiro atoms. The third-order valence-electron chi connectivity index (χ3n) is 4.63. The van der Waals surface area contributed by atoms with Crippen LogP contribution < -0.4 is 10.9 Å². The van der Waals surface area contributed by atoms with Crippen LogP contribution in [0, 0.1) is 32.1 Å². The Labute approximate surface area is 179 Å². The summed E-state index contributed by atoms with van der Waals surface area (Å²) >= 11 is 1.14. The lowest BCUT2D eigenvalue weighted by molar-refractivity contribution is -0.115. The van der Waals surface area contributed by atoms with Crippen molar-refractivity contribution in [3.8, 4) is 17.3 Å². The number of rotatable bonds is 5. The molecule has 0 bridgehead atoms. The molecule has 0 aliphatic carbocycles. The second kappa shape index (κ2) is 8.97. The third kappa shape index (κ3) is 4.78. The monoisotopic (exact) mass is 418 g/mol. The topological polar surface area (TPSA) is 98.6 Å². The maximum atomic E-state index is 12.7. The Morgan fingerprint density at radius 3 is 2.43 bits per heavy atom. The zero-order valence-corrected chi connectivity index (χ0v) is 18.1. The fourth-order valence-corrected chi connectivity index (χ4v) is 3.74. The summed E-state index contributed by atoms with van der Waals surface area (Å²) in [4.78, 5) is 32.1. The van der Waals surface area contributed by atoms with Crippen molar-refractivity contribution in [2.75, 3.05) is 5.32 Å². The Morgan fingerprint density at radius 1 is 1.13 bits per heavy atom. The Hall–Kier alpha value is -3.37. The Balaban J connectivity index is 1.85. The molecule has 0 aliphatic rings. The van der Waals surface area contributed by atoms with Gasteiger partial charge in [0.1, 0.15) is 11.6 Å². The van der Waals surface area contributed by atoms with E-state index in [0.29, 0.717) is 11.3 Å². The van der Waals surface area contributed by atoms with Crippen LogP contribution in [0.25, 0.3) is 11.3 Å². The predicted octanol–water partition coefficient (Wildman–Crippen LogP) is 4.35. The Kier molecular flexibility index (Phi) is 6.38. The van der Waals surface area contributed by atoms with E-state index in [1.54, 1.807) is 6.92 Å². The lowest BCUT2D eigenvalue weighted by atomic mass is 10.1. The zero-order chi connectivity index (χ0) is 21.8. The van der Waals surface area contributed by atoms with E-state index in [1.165, 1.54) is 0 Å². The van der Waals surface area contributed by atoms with Crippen LogP contribution in [0.2, 0.25) is 0 Å². The van der Waals surface area contributed by atoms with Crippen molar-refractivity contribution in [2.24, 2.45) is 0 Å². The van der Waals surface area contributed by atoms with Crippen molar-refractivity contribution in [2.45, 2.75) is 38.1 Å². The standard InChI is InChI=1S/C23H22N4O2S/c1-13-5-8-17(9-6-13)20-18(12-24)22(29)27-23(26-20)30-16(4)21(28)25-19-10-7-14(2)11-15(19)3/h5-11,16H,1-4H3,(H,25,28)(H,26,27,29). The minimum atomic E-state index is -0.521. The molecule has 6 nitrogen and oxygen atoms in total. The van der Waals surface area contributed by atoms with Gasteiger partial charge in [0.05, 0.1) is 10.9 Å². The molecule has 3 aromatic rings. The highest BCUT2D eigenvalue weighted by atomic mass is 32.2. The summed E-state index contributed by atoms with van der Waals surface area (Å²) in [5.41, 5.74) is 4.34. The highest BCUT2D eigenvalue weighted by molar-refractivity contribution is 8.00. The highest BCUT2D eigenvalue weighted by Gasteiger charge is 2.19. The second-order valence-corrected chi connectivity index (χ2v) is 8.47. The Bertz CT molecular complexity index is 1190. The van der Waals surface area contributed by atoms with Gasteiger partial charge in [0.2, 0.25) is 5.91 Å². The van der Waals surface area contributed by atoms with Crippen LogP contribution in [0.4, 0.5) is 5.69 Å². The van der Waals surface area contributed by atoms with E-state index in [1.807, 2.05) is 69.3 Å². The smallest absolute Gasteiger partial charge is 0.270 e. The predicted molar refractivity (Wildman–Crippen MR) is 120 cm³/mol. The van der Waals surface area contributed by atoms with Gasteiger partial charge in [0.15, 0.2) is 5.16 Å². The van der Waals surface area contributed by atoms with Crippen molar-refractivity contribution >= 4 is 23.4 Å². The number of aromatic nitrogens is 2. The molecule has 1 unspecified atom stereocenters. The minimum absolute atomic E-state index is 0.0458. The third-order valence-corrected chi connectivity index (χ3v) is 5.62. The van der Waals surface area contributed by atoms with Crippen molar-refractivity contribution in [3.05, 3.63) is 75.1 Å². The molecule has 30 heavy (non-hydrogen) atoms. The molecule has 1 aromatic heterocycles. The first-order valence-electron chi connectivity index (χ1n) is 9.44. The minimum Gasteiger partial charge on any atom is -0.325 e. The van der Waals surface area contributed by atoms with Crippen LogP contribution >= 0.6 is 11.8 Å².